The summed E-state index contributed by atoms with van der Waals surface area (Å²) in [6.45, 7) is 3.04. The molecule has 0 amide bonds. The fourth-order valence-corrected chi connectivity index (χ4v) is 1.57. The predicted molar refractivity (Wildman–Crippen MR) is 55.7 cm³/mol. The average Bonchev–Trinajstić information content (AvgIpc) is 2.52. The van der Waals surface area contributed by atoms with E-state index in [-0.39, 0.29) is 11.8 Å². The summed E-state index contributed by atoms with van der Waals surface area (Å²) in [6.07, 6.45) is -0.367. The van der Waals surface area contributed by atoms with Crippen LogP contribution in [0.5, 0.6) is 0 Å². The van der Waals surface area contributed by atoms with E-state index < -0.39 is 27.8 Å². The van der Waals surface area contributed by atoms with E-state index in [1.807, 2.05) is 6.92 Å². The lowest BCUT2D eigenvalue weighted by Gasteiger charge is -2.20. The third-order valence-corrected chi connectivity index (χ3v) is 2.75. The number of nitro groups is 2. The molecule has 1 aliphatic rings. The Balaban J connectivity index is 2.99. The van der Waals surface area contributed by atoms with Gasteiger partial charge in [-0.15, -0.1) is 0 Å². The fourth-order valence-electron chi connectivity index (χ4n) is 1.57. The first kappa shape index (κ1) is 14.7. The smallest absolute Gasteiger partial charge is 0.366 e. The monoisotopic (exact) mass is 265 g/mol. The van der Waals surface area contributed by atoms with Crippen molar-refractivity contribution in [3.8, 4) is 0 Å². The van der Waals surface area contributed by atoms with E-state index in [9.17, 15) is 25.3 Å². The maximum absolute atomic E-state index is 11.0. The Morgan fingerprint density at radius 3 is 2.44 bits per heavy atom. The number of nitrogens with zero attached hydrogens (tertiary/aromatic N) is 3. The number of hydrogen-bond donors (Lipinski definition) is 1. The zero-order valence-electron chi connectivity index (χ0n) is 10.0. The predicted octanol–water partition coefficient (Wildman–Crippen LogP) is 0.127. The first-order valence-electron chi connectivity index (χ1n) is 5.46. The Hall–Kier alpha value is -1.36. The van der Waals surface area contributed by atoms with Crippen LogP contribution in [-0.4, -0.2) is 38.9 Å². The van der Waals surface area contributed by atoms with Crippen molar-refractivity contribution in [1.82, 2.24) is 5.23 Å². The molecule has 0 aromatic rings. The molecule has 0 saturated carbocycles. The highest BCUT2D eigenvalue weighted by atomic mass is 17.0. The van der Waals surface area contributed by atoms with Crippen molar-refractivity contribution in [2.24, 2.45) is 5.92 Å². The minimum Gasteiger partial charge on any atom is -0.366 e. The van der Waals surface area contributed by atoms with Crippen molar-refractivity contribution in [3.05, 3.63) is 20.2 Å². The molecule has 0 aliphatic carbocycles. The van der Waals surface area contributed by atoms with Crippen LogP contribution in [0.2, 0.25) is 0 Å². The van der Waals surface area contributed by atoms with Crippen molar-refractivity contribution >= 4 is 0 Å². The second kappa shape index (κ2) is 5.52. The minimum absolute atomic E-state index is 0.0272. The summed E-state index contributed by atoms with van der Waals surface area (Å²) in [5.74, 6) is -4.20. The third kappa shape index (κ3) is 2.14. The van der Waals surface area contributed by atoms with Gasteiger partial charge < -0.3 is 5.11 Å². The van der Waals surface area contributed by atoms with Gasteiger partial charge in [0, 0.05) is 0 Å². The van der Waals surface area contributed by atoms with Crippen LogP contribution in [0.1, 0.15) is 26.7 Å². The molecule has 0 bridgehead atoms. The zero-order chi connectivity index (χ0) is 13.9. The van der Waals surface area contributed by atoms with Crippen molar-refractivity contribution in [2.75, 3.05) is 6.61 Å². The number of rotatable bonds is 6. The number of hydrogen-bond acceptors (Lipinski definition) is 8. The third-order valence-electron chi connectivity index (χ3n) is 2.75. The standard InChI is InChI=1S/C8H15N3O7/c1-3-4-5-17-11-8(9(13)14,10(15)16)6(2)7(12)18-11/h6-7,12H,3-5H2,1-2H3. The normalized spacial score (nSPS) is 27.3. The minimum atomic E-state index is -2.83. The van der Waals surface area contributed by atoms with Crippen LogP contribution >= 0.6 is 0 Å². The molecule has 10 heteroatoms. The summed E-state index contributed by atoms with van der Waals surface area (Å²) in [5, 5.41) is 31.6. The van der Waals surface area contributed by atoms with Gasteiger partial charge in [-0.1, -0.05) is 13.3 Å². The van der Waals surface area contributed by atoms with Crippen LogP contribution < -0.4 is 0 Å². The highest BCUT2D eigenvalue weighted by Crippen LogP contribution is 2.37. The SMILES string of the molecule is CCCCON1OC(O)C(C)C1([N+](=O)[O-])[N+](=O)[O-]. The zero-order valence-corrected chi connectivity index (χ0v) is 10.0. The largest absolute Gasteiger partial charge is 0.573 e. The lowest BCUT2D eigenvalue weighted by atomic mass is 10.1. The molecule has 1 N–H and O–H groups in total. The molecular formula is C8H15N3O7. The Labute approximate surface area is 102 Å². The van der Waals surface area contributed by atoms with Gasteiger partial charge in [0.05, 0.1) is 11.8 Å². The molecule has 0 radical (unpaired) electrons. The van der Waals surface area contributed by atoms with Crippen LogP contribution in [0.15, 0.2) is 0 Å². The molecule has 1 heterocycles. The molecule has 0 spiro atoms. The summed E-state index contributed by atoms with van der Waals surface area (Å²) >= 11 is 0. The summed E-state index contributed by atoms with van der Waals surface area (Å²) in [4.78, 5) is 29.3. The molecular weight excluding hydrogens is 250 g/mol. The van der Waals surface area contributed by atoms with Crippen molar-refractivity contribution in [3.63, 3.8) is 0 Å². The van der Waals surface area contributed by atoms with Gasteiger partial charge in [0.15, 0.2) is 12.2 Å². The molecule has 18 heavy (non-hydrogen) atoms. The van der Waals surface area contributed by atoms with Crippen LogP contribution in [0.4, 0.5) is 0 Å². The van der Waals surface area contributed by atoms with E-state index in [2.05, 4.69) is 4.84 Å². The van der Waals surface area contributed by atoms with Crippen molar-refractivity contribution < 1.29 is 24.6 Å². The maximum atomic E-state index is 11.0. The van der Waals surface area contributed by atoms with Gasteiger partial charge in [0.25, 0.3) is 0 Å². The van der Waals surface area contributed by atoms with E-state index in [1.54, 1.807) is 0 Å². The molecule has 1 rings (SSSR count). The molecule has 10 nitrogen and oxygen atoms in total. The number of hydroxylamine groups is 2. The van der Waals surface area contributed by atoms with Gasteiger partial charge >= 0.3 is 5.79 Å². The molecule has 0 aromatic heterocycles. The summed E-state index contributed by atoms with van der Waals surface area (Å²) in [5.41, 5.74) is 0. The maximum Gasteiger partial charge on any atom is 0.573 e. The van der Waals surface area contributed by atoms with Gasteiger partial charge in [-0.05, 0) is 13.3 Å². The Kier molecular flexibility index (Phi) is 4.51. The second-order valence-electron chi connectivity index (χ2n) is 3.93. The molecule has 0 aromatic carbocycles. The van der Waals surface area contributed by atoms with E-state index in [0.717, 1.165) is 13.3 Å². The fraction of sp³-hybridized carbons (Fsp3) is 1.00. The molecule has 2 atom stereocenters. The Bertz CT molecular complexity index is 323. The van der Waals surface area contributed by atoms with E-state index in [4.69, 9.17) is 4.84 Å². The number of aliphatic hydroxyl groups excluding tert-OH is 1. The summed E-state index contributed by atoms with van der Waals surface area (Å²) in [7, 11) is 0. The molecule has 1 aliphatic heterocycles. The number of aliphatic hydroxyl groups is 1. The average molecular weight is 265 g/mol. The van der Waals surface area contributed by atoms with Crippen LogP contribution in [-0.2, 0) is 9.68 Å². The van der Waals surface area contributed by atoms with E-state index >= 15 is 0 Å². The van der Waals surface area contributed by atoms with Gasteiger partial charge in [0.1, 0.15) is 9.85 Å². The highest BCUT2D eigenvalue weighted by Gasteiger charge is 2.76. The van der Waals surface area contributed by atoms with Crippen molar-refractivity contribution in [1.29, 1.82) is 0 Å². The molecule has 2 unspecified atom stereocenters. The molecule has 104 valence electrons. The van der Waals surface area contributed by atoms with E-state index in [0.29, 0.717) is 6.42 Å². The van der Waals surface area contributed by atoms with Crippen LogP contribution in [0.25, 0.3) is 0 Å². The lowest BCUT2D eigenvalue weighted by molar-refractivity contribution is -0.857. The Morgan fingerprint density at radius 2 is 2.00 bits per heavy atom. The molecule has 1 saturated heterocycles. The van der Waals surface area contributed by atoms with Crippen molar-refractivity contribution in [2.45, 2.75) is 38.8 Å². The van der Waals surface area contributed by atoms with Gasteiger partial charge in [0.2, 0.25) is 0 Å². The van der Waals surface area contributed by atoms with Gasteiger partial charge in [-0.3, -0.25) is 25.1 Å². The number of unbranched alkanes of at least 4 members (excludes halogenated alkanes) is 1. The molecule has 1 fully saturated rings. The summed E-state index contributed by atoms with van der Waals surface area (Å²) in [6, 6.07) is 0. The van der Waals surface area contributed by atoms with Crippen LogP contribution in [0, 0.1) is 26.1 Å². The topological polar surface area (TPSA) is 128 Å². The van der Waals surface area contributed by atoms with Gasteiger partial charge in [-0.25, -0.2) is 4.84 Å². The Morgan fingerprint density at radius 1 is 1.44 bits per heavy atom. The van der Waals surface area contributed by atoms with E-state index in [1.165, 1.54) is 0 Å². The van der Waals surface area contributed by atoms with Gasteiger partial charge in [-0.2, -0.15) is 0 Å². The van der Waals surface area contributed by atoms with Crippen LogP contribution in [0.3, 0.4) is 0 Å². The lowest BCUT2D eigenvalue weighted by Crippen LogP contribution is -2.59. The second-order valence-corrected chi connectivity index (χ2v) is 3.93. The first-order valence-corrected chi connectivity index (χ1v) is 5.46. The highest BCUT2D eigenvalue weighted by molar-refractivity contribution is 4.76. The quantitative estimate of drug-likeness (QED) is 0.310. The summed E-state index contributed by atoms with van der Waals surface area (Å²) < 4.78 is 0. The first-order chi connectivity index (χ1) is 8.38.